The van der Waals surface area contributed by atoms with Crippen LogP contribution in [0.1, 0.15) is 5.56 Å². The summed E-state index contributed by atoms with van der Waals surface area (Å²) in [4.78, 5) is 27.3. The molecule has 0 aromatic heterocycles. The van der Waals surface area contributed by atoms with Gasteiger partial charge >= 0.3 is 207 Å². The first-order valence-corrected chi connectivity index (χ1v) is 27.2. The minimum atomic E-state index is -6.16. The van der Waals surface area contributed by atoms with Crippen molar-refractivity contribution in [2.24, 2.45) is 0 Å². The van der Waals surface area contributed by atoms with Crippen molar-refractivity contribution in [2.45, 2.75) is 68.0 Å². The van der Waals surface area contributed by atoms with Crippen molar-refractivity contribution in [1.29, 1.82) is 0 Å². The fourth-order valence-electron chi connectivity index (χ4n) is 5.96. The van der Waals surface area contributed by atoms with Gasteiger partial charge in [0.1, 0.15) is 43.2 Å². The van der Waals surface area contributed by atoms with Gasteiger partial charge in [-0.15, -0.1) is 0 Å². The van der Waals surface area contributed by atoms with Gasteiger partial charge in [-0.2, -0.15) is 0 Å². The summed E-state index contributed by atoms with van der Waals surface area (Å²) in [5.74, 6) is -2.24. The van der Waals surface area contributed by atoms with Crippen molar-refractivity contribution >= 4 is 84.6 Å². The second kappa shape index (κ2) is 39.1. The number of amides is 2. The van der Waals surface area contributed by atoms with Gasteiger partial charge in [-0.05, 0) is 5.56 Å². The van der Waals surface area contributed by atoms with E-state index in [9.17, 15) is 100 Å². The van der Waals surface area contributed by atoms with Gasteiger partial charge in [0.25, 0.3) is 0 Å². The van der Waals surface area contributed by atoms with Crippen molar-refractivity contribution in [3.05, 3.63) is 35.9 Å². The Morgan fingerprint density at radius 1 is 0.532 bits per heavy atom. The molecule has 1 aromatic rings. The van der Waals surface area contributed by atoms with E-state index < -0.39 is 192 Å². The Hall–Kier alpha value is 4.05. The molecule has 2 fully saturated rings. The molecule has 2 aliphatic heterocycles. The number of rotatable bonds is 28. The van der Waals surface area contributed by atoms with Crippen molar-refractivity contribution < 1.29 is 360 Å². The van der Waals surface area contributed by atoms with Crippen molar-refractivity contribution in [3.63, 3.8) is 0 Å². The van der Waals surface area contributed by atoms with Crippen LogP contribution in [0.4, 0.5) is 0 Å². The van der Waals surface area contributed by atoms with Crippen molar-refractivity contribution in [1.82, 2.24) is 10.2 Å². The number of carbonyl (C=O) groups is 2. The van der Waals surface area contributed by atoms with Crippen LogP contribution in [0, 0.1) is 0 Å². The molecular formula is C26H33N2Na7O35S7. The molecule has 2 heterocycles. The van der Waals surface area contributed by atoms with E-state index in [1.165, 1.54) is 24.3 Å². The van der Waals surface area contributed by atoms with E-state index in [4.69, 9.17) is 23.7 Å². The number of benzene rings is 1. The Balaban J connectivity index is -0.00000247. The molecule has 2 aliphatic rings. The van der Waals surface area contributed by atoms with E-state index in [-0.39, 0.29) is 207 Å². The molecular weight excluding hydrogens is 1290 g/mol. The zero-order valence-electron chi connectivity index (χ0n) is 41.2. The van der Waals surface area contributed by atoms with Crippen LogP contribution in [-0.4, -0.2) is 216 Å². The minimum Gasteiger partial charge on any atom is -0.726 e. The molecule has 10 atom stereocenters. The summed E-state index contributed by atoms with van der Waals surface area (Å²) in [6.07, 6.45) is -26.7. The van der Waals surface area contributed by atoms with Gasteiger partial charge in [0, 0.05) is 20.2 Å². The fraction of sp³-hybridized carbons (Fsp3) is 0.692. The Morgan fingerprint density at radius 2 is 0.909 bits per heavy atom. The zero-order valence-corrected chi connectivity index (χ0v) is 60.9. The molecule has 0 saturated carbocycles. The van der Waals surface area contributed by atoms with Gasteiger partial charge < -0.3 is 65.8 Å². The molecule has 3 rings (SSSR count). The standard InChI is InChI=1S/C26H40N2O35S7.7Na/c1-52-25-23(62-69(46,47)48)21(60-67(40,41)42)19(58-65(34,35)36)15(56-25)11-53-13-18(30)28(9-14-5-3-2-4-6-14)10-17(29)27-7-8-54-26-24(63-70(49,50)51)22(61-68(43,44)45)20(59-66(37,38)39)16(57-26)12-55-64(31,32)33;;;;;;;/h2-6,15-16,19-26H,7-13H2,1H3,(H,27,29)(H,31,32,33)(H,34,35,36)(H,37,38,39)(H,40,41,42)(H,43,44,45)(H,46,47,48)(H,49,50,51);;;;;;;/q;7*+1/p-7/t15-,16-,19+,20+,21-,22-,23+,24+,25-,26-;;;;;;;/m0......./s1. The summed E-state index contributed by atoms with van der Waals surface area (Å²) in [5, 5.41) is 2.15. The van der Waals surface area contributed by atoms with Crippen molar-refractivity contribution in [2.75, 3.05) is 46.6 Å². The van der Waals surface area contributed by atoms with Gasteiger partial charge in [-0.3, -0.25) is 38.9 Å². The number of nitrogens with zero attached hydrogens (tertiary/aromatic N) is 1. The molecule has 1 aromatic carbocycles. The average molecular weight is 1320 g/mol. The third-order valence-corrected chi connectivity index (χ3v) is 11.5. The molecule has 0 unspecified atom stereocenters. The van der Waals surface area contributed by atoms with Crippen LogP contribution in [0.3, 0.4) is 0 Å². The monoisotopic (exact) mass is 1320 g/mol. The van der Waals surface area contributed by atoms with E-state index >= 15 is 0 Å². The summed E-state index contributed by atoms with van der Waals surface area (Å²) >= 11 is 0. The molecule has 37 nitrogen and oxygen atoms in total. The molecule has 77 heavy (non-hydrogen) atoms. The second-order valence-electron chi connectivity index (χ2n) is 13.3. The molecule has 0 radical (unpaired) electrons. The van der Waals surface area contributed by atoms with Crippen LogP contribution >= 0.6 is 0 Å². The van der Waals surface area contributed by atoms with E-state index in [0.717, 1.165) is 12.0 Å². The summed E-state index contributed by atoms with van der Waals surface area (Å²) in [5.41, 5.74) is 0.332. The number of nitrogens with one attached hydrogen (secondary N) is 1. The molecule has 406 valence electrons. The van der Waals surface area contributed by atoms with Gasteiger partial charge in [-0.1, -0.05) is 30.3 Å². The van der Waals surface area contributed by atoms with E-state index in [0.29, 0.717) is 5.56 Å². The zero-order chi connectivity index (χ0) is 53.3. The topological polar surface area (TPSA) is 561 Å². The van der Waals surface area contributed by atoms with Crippen molar-refractivity contribution in [3.8, 4) is 0 Å². The van der Waals surface area contributed by atoms with Gasteiger partial charge in [0.2, 0.25) is 84.6 Å². The summed E-state index contributed by atoms with van der Waals surface area (Å²) in [6.45, 7) is -7.14. The maximum absolute atomic E-state index is 13.5. The van der Waals surface area contributed by atoms with Gasteiger partial charge in [0.15, 0.2) is 24.8 Å². The van der Waals surface area contributed by atoms with Crippen LogP contribution < -0.4 is 212 Å². The first-order chi connectivity index (χ1) is 31.8. The predicted octanol–water partition coefficient (Wildman–Crippen LogP) is -29.2. The van der Waals surface area contributed by atoms with E-state index in [2.05, 4.69) is 34.6 Å². The summed E-state index contributed by atoms with van der Waals surface area (Å²) in [7, 11) is -41.2. The Labute approximate surface area is 595 Å². The smallest absolute Gasteiger partial charge is 0.726 e. The average Bonchev–Trinajstić information content (AvgIpc) is 3.16. The first kappa shape index (κ1) is 89.8. The SMILES string of the molecule is CO[C@H]1O[C@@H](COCC(=O)N(CC(=O)NCCO[C@H]2O[C@@H](COS(=O)(=O)[O-])[C@@H](OS(=O)(=O)[O-])[C@H](OS(=O)(=O)[O-])[C@H]2OS(=O)(=O)[O-])Cc2ccccc2)[C@@H](OS(=O)(=O)[O-])[C@H](OS(=O)(=O)[O-])[C@H]1OS(=O)(=O)[O-].[Na+].[Na+].[Na+].[Na+].[Na+].[Na+].[Na+]. The number of hydrogen-bond acceptors (Lipinski definition) is 35. The van der Waals surface area contributed by atoms with Gasteiger partial charge in [0.05, 0.1) is 26.4 Å². The van der Waals surface area contributed by atoms with Gasteiger partial charge in [-0.25, -0.2) is 58.9 Å². The van der Waals surface area contributed by atoms with E-state index in [1.807, 2.05) is 0 Å². The summed E-state index contributed by atoms with van der Waals surface area (Å²) in [6, 6.07) is 7.44. The molecule has 2 saturated heterocycles. The number of carbonyl (C=O) groups excluding carboxylic acids is 2. The predicted molar refractivity (Wildman–Crippen MR) is 199 cm³/mol. The second-order valence-corrected chi connectivity index (χ2v) is 20.4. The Kier molecular flexibility index (Phi) is 45.6. The third kappa shape index (κ3) is 36.8. The summed E-state index contributed by atoms with van der Waals surface area (Å²) < 4.78 is 295. The number of ether oxygens (including phenoxy) is 5. The fourth-order valence-corrected chi connectivity index (χ4v) is 9.20. The largest absolute Gasteiger partial charge is 1.00 e. The van der Waals surface area contributed by atoms with Crippen LogP contribution in [0.25, 0.3) is 0 Å². The number of hydrogen-bond donors (Lipinski definition) is 1. The maximum atomic E-state index is 13.5. The Bertz CT molecular complexity index is 2770. The minimum absolute atomic E-state index is 0. The first-order valence-electron chi connectivity index (χ1n) is 17.9. The molecule has 0 spiro atoms. The molecule has 0 aliphatic carbocycles. The van der Waals surface area contributed by atoms with Crippen LogP contribution in [0.15, 0.2) is 30.3 Å². The molecule has 2 amide bonds. The van der Waals surface area contributed by atoms with Crippen LogP contribution in [-0.2, 0) is 142 Å². The molecule has 1 N–H and O–H groups in total. The maximum Gasteiger partial charge on any atom is 1.00 e. The normalized spacial score (nSPS) is 23.9. The number of methoxy groups -OCH3 is 1. The third-order valence-electron chi connectivity index (χ3n) is 8.28. The van der Waals surface area contributed by atoms with Crippen LogP contribution in [0.2, 0.25) is 0 Å². The molecule has 0 bridgehead atoms. The quantitative estimate of drug-likeness (QED) is 0.0352. The van der Waals surface area contributed by atoms with Crippen LogP contribution in [0.5, 0.6) is 0 Å². The van der Waals surface area contributed by atoms with E-state index in [1.54, 1.807) is 6.07 Å². The Morgan fingerprint density at radius 3 is 1.31 bits per heavy atom. The molecule has 51 heteroatoms.